The van der Waals surface area contributed by atoms with Gasteiger partial charge in [0.2, 0.25) is 0 Å². The first-order valence-electron chi connectivity index (χ1n) is 4.65. The summed E-state index contributed by atoms with van der Waals surface area (Å²) in [4.78, 5) is 0. The fourth-order valence-corrected chi connectivity index (χ4v) is 1.50. The molecule has 0 fully saturated rings. The van der Waals surface area contributed by atoms with Crippen molar-refractivity contribution in [3.63, 3.8) is 0 Å². The predicted molar refractivity (Wildman–Crippen MR) is 59.2 cm³/mol. The zero-order chi connectivity index (χ0) is 11.3. The van der Waals surface area contributed by atoms with Gasteiger partial charge >= 0.3 is 0 Å². The molecular weight excluding hydrogens is 215 g/mol. The Morgan fingerprint density at radius 2 is 2.27 bits per heavy atom. The van der Waals surface area contributed by atoms with Gasteiger partial charge in [0.25, 0.3) is 0 Å². The number of rotatable bonds is 3. The second-order valence-corrected chi connectivity index (χ2v) is 3.60. The molecule has 0 aromatic heterocycles. The van der Waals surface area contributed by atoms with E-state index in [1.165, 1.54) is 6.07 Å². The standard InChI is InChI=1S/C12H12ClFO/c1-2-3-5-9(15)8-10-11(13)6-4-7-12(10)14/h4,6-7,9,15H,5,8H2,1H3. The van der Waals surface area contributed by atoms with Crippen molar-refractivity contribution < 1.29 is 9.50 Å². The molecule has 0 amide bonds. The summed E-state index contributed by atoms with van der Waals surface area (Å²) in [6, 6.07) is 4.48. The van der Waals surface area contributed by atoms with E-state index in [2.05, 4.69) is 11.8 Å². The van der Waals surface area contributed by atoms with Crippen molar-refractivity contribution in [1.29, 1.82) is 0 Å². The van der Waals surface area contributed by atoms with Gasteiger partial charge in [0.1, 0.15) is 5.82 Å². The van der Waals surface area contributed by atoms with Gasteiger partial charge in [0.05, 0.1) is 6.10 Å². The molecule has 0 aliphatic heterocycles. The minimum absolute atomic E-state index is 0.195. The summed E-state index contributed by atoms with van der Waals surface area (Å²) in [5.74, 6) is 5.04. The van der Waals surface area contributed by atoms with Crippen LogP contribution in [0.1, 0.15) is 18.9 Å². The molecule has 1 N–H and O–H groups in total. The van der Waals surface area contributed by atoms with Gasteiger partial charge in [-0.05, 0) is 19.1 Å². The van der Waals surface area contributed by atoms with E-state index in [0.29, 0.717) is 17.0 Å². The monoisotopic (exact) mass is 226 g/mol. The number of benzene rings is 1. The van der Waals surface area contributed by atoms with Crippen LogP contribution in [0.15, 0.2) is 18.2 Å². The zero-order valence-electron chi connectivity index (χ0n) is 8.43. The van der Waals surface area contributed by atoms with Crippen molar-refractivity contribution in [3.05, 3.63) is 34.6 Å². The summed E-state index contributed by atoms with van der Waals surface area (Å²) < 4.78 is 13.3. The second-order valence-electron chi connectivity index (χ2n) is 3.19. The summed E-state index contributed by atoms with van der Waals surface area (Å²) in [7, 11) is 0. The van der Waals surface area contributed by atoms with Crippen LogP contribution in [-0.2, 0) is 6.42 Å². The van der Waals surface area contributed by atoms with Gasteiger partial charge < -0.3 is 5.11 Å². The average molecular weight is 227 g/mol. The highest BCUT2D eigenvalue weighted by Gasteiger charge is 2.11. The van der Waals surface area contributed by atoms with Gasteiger partial charge in [-0.1, -0.05) is 17.7 Å². The molecule has 1 aromatic rings. The lowest BCUT2D eigenvalue weighted by molar-refractivity contribution is 0.179. The molecule has 0 aliphatic rings. The third-order valence-corrected chi connectivity index (χ3v) is 2.37. The summed E-state index contributed by atoms with van der Waals surface area (Å²) in [6.45, 7) is 1.70. The molecule has 1 nitrogen and oxygen atoms in total. The second kappa shape index (κ2) is 5.75. The van der Waals surface area contributed by atoms with E-state index in [-0.39, 0.29) is 12.2 Å². The van der Waals surface area contributed by atoms with Crippen LogP contribution in [0.2, 0.25) is 5.02 Å². The summed E-state index contributed by atoms with van der Waals surface area (Å²) in [5, 5.41) is 9.90. The Kier molecular flexibility index (Phi) is 4.61. The lowest BCUT2D eigenvalue weighted by Crippen LogP contribution is -2.11. The van der Waals surface area contributed by atoms with E-state index in [4.69, 9.17) is 11.6 Å². The quantitative estimate of drug-likeness (QED) is 0.786. The Morgan fingerprint density at radius 1 is 1.53 bits per heavy atom. The summed E-state index contributed by atoms with van der Waals surface area (Å²) >= 11 is 5.82. The highest BCUT2D eigenvalue weighted by molar-refractivity contribution is 6.31. The molecule has 1 atom stereocenters. The third-order valence-electron chi connectivity index (χ3n) is 2.02. The van der Waals surface area contributed by atoms with E-state index in [1.54, 1.807) is 19.1 Å². The molecule has 80 valence electrons. The number of aliphatic hydroxyl groups excluding tert-OH is 1. The molecular formula is C12H12ClFO. The Bertz CT molecular complexity index is 372. The van der Waals surface area contributed by atoms with Crippen LogP contribution in [0, 0.1) is 17.7 Å². The van der Waals surface area contributed by atoms with Crippen molar-refractivity contribution in [3.8, 4) is 11.8 Å². The minimum Gasteiger partial charge on any atom is -0.392 e. The molecule has 0 aliphatic carbocycles. The van der Waals surface area contributed by atoms with Gasteiger partial charge in [-0.25, -0.2) is 4.39 Å². The molecule has 0 saturated heterocycles. The van der Waals surface area contributed by atoms with Gasteiger partial charge in [0, 0.05) is 23.4 Å². The SMILES string of the molecule is CC#CCC(O)Cc1c(F)cccc1Cl. The van der Waals surface area contributed by atoms with E-state index in [9.17, 15) is 9.50 Å². The van der Waals surface area contributed by atoms with Crippen LogP contribution < -0.4 is 0 Å². The number of hydrogen-bond donors (Lipinski definition) is 1. The Hall–Kier alpha value is -1.04. The Morgan fingerprint density at radius 3 is 2.87 bits per heavy atom. The van der Waals surface area contributed by atoms with E-state index >= 15 is 0 Å². The normalized spacial score (nSPS) is 11.7. The Balaban J connectivity index is 2.74. The van der Waals surface area contributed by atoms with Crippen molar-refractivity contribution in [2.75, 3.05) is 0 Å². The van der Waals surface area contributed by atoms with Crippen molar-refractivity contribution in [2.24, 2.45) is 0 Å². The Labute approximate surface area is 93.9 Å². The topological polar surface area (TPSA) is 20.2 Å². The maximum Gasteiger partial charge on any atom is 0.127 e. The summed E-state index contributed by atoms with van der Waals surface area (Å²) in [5.41, 5.74) is 0.351. The van der Waals surface area contributed by atoms with Gasteiger partial charge in [0.15, 0.2) is 0 Å². The van der Waals surface area contributed by atoms with E-state index in [0.717, 1.165) is 0 Å². The molecule has 1 unspecified atom stereocenters. The zero-order valence-corrected chi connectivity index (χ0v) is 9.18. The summed E-state index contributed by atoms with van der Waals surface area (Å²) in [6.07, 6.45) is -0.145. The molecule has 15 heavy (non-hydrogen) atoms. The molecule has 0 saturated carbocycles. The third kappa shape index (κ3) is 3.54. The highest BCUT2D eigenvalue weighted by Crippen LogP contribution is 2.20. The predicted octanol–water partition coefficient (Wildman–Crippen LogP) is 2.80. The number of hydrogen-bond acceptors (Lipinski definition) is 1. The fourth-order valence-electron chi connectivity index (χ4n) is 1.26. The molecule has 0 heterocycles. The lowest BCUT2D eigenvalue weighted by atomic mass is 10.1. The van der Waals surface area contributed by atoms with Crippen LogP contribution in [0.3, 0.4) is 0 Å². The van der Waals surface area contributed by atoms with Crippen LogP contribution in [-0.4, -0.2) is 11.2 Å². The van der Waals surface area contributed by atoms with Crippen LogP contribution in [0.4, 0.5) is 4.39 Å². The van der Waals surface area contributed by atoms with Gasteiger partial charge in [-0.2, -0.15) is 0 Å². The molecule has 0 radical (unpaired) electrons. The highest BCUT2D eigenvalue weighted by atomic mass is 35.5. The molecule has 3 heteroatoms. The number of halogens is 2. The first-order chi connectivity index (χ1) is 7.15. The van der Waals surface area contributed by atoms with Crippen molar-refractivity contribution >= 4 is 11.6 Å². The lowest BCUT2D eigenvalue weighted by Gasteiger charge is -2.09. The molecule has 1 aromatic carbocycles. The van der Waals surface area contributed by atoms with E-state index in [1.807, 2.05) is 0 Å². The van der Waals surface area contributed by atoms with Gasteiger partial charge in [-0.3, -0.25) is 0 Å². The van der Waals surface area contributed by atoms with Crippen LogP contribution >= 0.6 is 11.6 Å². The van der Waals surface area contributed by atoms with E-state index < -0.39 is 6.10 Å². The number of aliphatic hydroxyl groups is 1. The molecule has 1 rings (SSSR count). The first-order valence-corrected chi connectivity index (χ1v) is 5.03. The van der Waals surface area contributed by atoms with Crippen LogP contribution in [0.25, 0.3) is 0 Å². The average Bonchev–Trinajstić information content (AvgIpc) is 2.21. The minimum atomic E-state index is -0.674. The van der Waals surface area contributed by atoms with Crippen molar-refractivity contribution in [2.45, 2.75) is 25.9 Å². The van der Waals surface area contributed by atoms with Crippen molar-refractivity contribution in [1.82, 2.24) is 0 Å². The molecule has 0 spiro atoms. The van der Waals surface area contributed by atoms with Crippen LogP contribution in [0.5, 0.6) is 0 Å². The fraction of sp³-hybridized carbons (Fsp3) is 0.333. The maximum absolute atomic E-state index is 13.3. The smallest absolute Gasteiger partial charge is 0.127 e. The largest absolute Gasteiger partial charge is 0.392 e. The maximum atomic E-state index is 13.3. The first kappa shape index (κ1) is 12.0. The molecule has 0 bridgehead atoms. The van der Waals surface area contributed by atoms with Gasteiger partial charge in [-0.15, -0.1) is 11.8 Å².